The van der Waals surface area contributed by atoms with Gasteiger partial charge in [0.25, 0.3) is 0 Å². The number of anilines is 1. The molecule has 1 aliphatic rings. The standard InChI is InChI=1S/C14H16BrClN2O3/c15-9-2-3-10(16)11(6-9)18-13(21)17-8-14(4-1-5-14)7-12(19)20/h2-3,6H,1,4-5,7-8H2,(H,19,20)(H2,17,18,21). The van der Waals surface area contributed by atoms with E-state index in [0.717, 1.165) is 23.7 Å². The number of hydrogen-bond donors (Lipinski definition) is 3. The normalized spacial score (nSPS) is 15.9. The van der Waals surface area contributed by atoms with Crippen LogP contribution in [0, 0.1) is 5.41 Å². The van der Waals surface area contributed by atoms with E-state index in [1.54, 1.807) is 18.2 Å². The monoisotopic (exact) mass is 374 g/mol. The maximum absolute atomic E-state index is 11.9. The molecular weight excluding hydrogens is 360 g/mol. The summed E-state index contributed by atoms with van der Waals surface area (Å²) in [5.74, 6) is -0.827. The zero-order valence-electron chi connectivity index (χ0n) is 11.3. The number of carbonyl (C=O) groups is 2. The van der Waals surface area contributed by atoms with Gasteiger partial charge in [0.05, 0.1) is 17.1 Å². The molecule has 1 fully saturated rings. The van der Waals surface area contributed by atoms with Gasteiger partial charge in [-0.15, -0.1) is 0 Å². The quantitative estimate of drug-likeness (QED) is 0.731. The third-order valence-electron chi connectivity index (χ3n) is 3.74. The van der Waals surface area contributed by atoms with Crippen LogP contribution < -0.4 is 10.6 Å². The van der Waals surface area contributed by atoms with E-state index in [9.17, 15) is 9.59 Å². The molecule has 2 rings (SSSR count). The summed E-state index contributed by atoms with van der Waals surface area (Å²) in [5.41, 5.74) is 0.203. The summed E-state index contributed by atoms with van der Waals surface area (Å²) in [6.07, 6.45) is 2.76. The first-order valence-electron chi connectivity index (χ1n) is 6.62. The summed E-state index contributed by atoms with van der Waals surface area (Å²) >= 11 is 9.31. The number of carbonyl (C=O) groups excluding carboxylic acids is 1. The van der Waals surface area contributed by atoms with Gasteiger partial charge < -0.3 is 15.7 Å². The maximum Gasteiger partial charge on any atom is 0.319 e. The Bertz CT molecular complexity index is 561. The summed E-state index contributed by atoms with van der Waals surface area (Å²) in [6.45, 7) is 0.358. The van der Waals surface area contributed by atoms with Gasteiger partial charge in [-0.25, -0.2) is 4.79 Å². The van der Waals surface area contributed by atoms with E-state index in [0.29, 0.717) is 17.3 Å². The third kappa shape index (κ3) is 4.35. The van der Waals surface area contributed by atoms with Crippen LogP contribution in [0.5, 0.6) is 0 Å². The van der Waals surface area contributed by atoms with Crippen LogP contribution in [0.2, 0.25) is 5.02 Å². The van der Waals surface area contributed by atoms with Gasteiger partial charge in [0.15, 0.2) is 0 Å². The number of benzene rings is 1. The topological polar surface area (TPSA) is 78.4 Å². The van der Waals surface area contributed by atoms with Gasteiger partial charge in [-0.1, -0.05) is 34.0 Å². The van der Waals surface area contributed by atoms with Gasteiger partial charge in [0.2, 0.25) is 0 Å². The molecule has 21 heavy (non-hydrogen) atoms. The number of urea groups is 1. The molecule has 5 nitrogen and oxygen atoms in total. The number of halogens is 2. The molecule has 1 saturated carbocycles. The number of nitrogens with one attached hydrogen (secondary N) is 2. The van der Waals surface area contributed by atoms with Crippen LogP contribution in [-0.4, -0.2) is 23.7 Å². The fourth-order valence-electron chi connectivity index (χ4n) is 2.44. The van der Waals surface area contributed by atoms with E-state index in [2.05, 4.69) is 26.6 Å². The summed E-state index contributed by atoms with van der Waals surface area (Å²) < 4.78 is 0.809. The molecule has 1 aromatic carbocycles. The number of carboxylic acid groups (broad SMARTS) is 1. The van der Waals surface area contributed by atoms with Crippen molar-refractivity contribution in [1.82, 2.24) is 5.32 Å². The first kappa shape index (κ1) is 16.1. The van der Waals surface area contributed by atoms with Crippen molar-refractivity contribution in [3.63, 3.8) is 0 Å². The lowest BCUT2D eigenvalue weighted by Gasteiger charge is -2.40. The second kappa shape index (κ2) is 6.66. The van der Waals surface area contributed by atoms with Crippen molar-refractivity contribution in [3.8, 4) is 0 Å². The predicted molar refractivity (Wildman–Crippen MR) is 84.7 cm³/mol. The molecule has 0 bridgehead atoms. The average molecular weight is 376 g/mol. The predicted octanol–water partition coefficient (Wildman–Crippen LogP) is 3.87. The van der Waals surface area contributed by atoms with Gasteiger partial charge in [-0.05, 0) is 36.5 Å². The first-order valence-corrected chi connectivity index (χ1v) is 7.79. The molecule has 114 valence electrons. The fraction of sp³-hybridized carbons (Fsp3) is 0.429. The minimum Gasteiger partial charge on any atom is -0.481 e. The van der Waals surface area contributed by atoms with E-state index < -0.39 is 5.97 Å². The van der Waals surface area contributed by atoms with Gasteiger partial charge in [-0.2, -0.15) is 0 Å². The molecule has 1 aromatic rings. The molecule has 7 heteroatoms. The number of amides is 2. The second-order valence-corrected chi connectivity index (χ2v) is 6.68. The van der Waals surface area contributed by atoms with Gasteiger partial charge >= 0.3 is 12.0 Å². The summed E-state index contributed by atoms with van der Waals surface area (Å²) in [4.78, 5) is 22.8. The van der Waals surface area contributed by atoms with Crippen LogP contribution in [0.1, 0.15) is 25.7 Å². The van der Waals surface area contributed by atoms with Gasteiger partial charge in [0.1, 0.15) is 0 Å². The average Bonchev–Trinajstić information content (AvgIpc) is 2.36. The van der Waals surface area contributed by atoms with E-state index in [1.807, 2.05) is 0 Å². The highest BCUT2D eigenvalue weighted by molar-refractivity contribution is 9.10. The molecule has 0 aliphatic heterocycles. The molecule has 2 amide bonds. The van der Waals surface area contributed by atoms with Crippen LogP contribution in [0.25, 0.3) is 0 Å². The zero-order chi connectivity index (χ0) is 15.5. The molecule has 3 N–H and O–H groups in total. The van der Waals surface area contributed by atoms with Crippen molar-refractivity contribution >= 4 is 45.2 Å². The Hall–Kier alpha value is -1.27. The molecule has 0 aromatic heterocycles. The summed E-state index contributed by atoms with van der Waals surface area (Å²) in [7, 11) is 0. The molecule has 0 heterocycles. The van der Waals surface area contributed by atoms with Crippen molar-refractivity contribution in [2.75, 3.05) is 11.9 Å². The largest absolute Gasteiger partial charge is 0.481 e. The van der Waals surface area contributed by atoms with Crippen molar-refractivity contribution in [3.05, 3.63) is 27.7 Å². The zero-order valence-corrected chi connectivity index (χ0v) is 13.6. The van der Waals surface area contributed by atoms with E-state index in [-0.39, 0.29) is 17.9 Å². The molecule has 0 atom stereocenters. The Morgan fingerprint density at radius 3 is 2.67 bits per heavy atom. The van der Waals surface area contributed by atoms with Crippen LogP contribution in [-0.2, 0) is 4.79 Å². The highest BCUT2D eigenvalue weighted by Gasteiger charge is 2.39. The van der Waals surface area contributed by atoms with Crippen molar-refractivity contribution in [2.45, 2.75) is 25.7 Å². The van der Waals surface area contributed by atoms with Crippen molar-refractivity contribution in [1.29, 1.82) is 0 Å². The smallest absolute Gasteiger partial charge is 0.319 e. The molecule has 0 unspecified atom stereocenters. The van der Waals surface area contributed by atoms with Crippen molar-refractivity contribution in [2.24, 2.45) is 5.41 Å². The first-order chi connectivity index (χ1) is 9.90. The SMILES string of the molecule is O=C(O)CC1(CNC(=O)Nc2cc(Br)ccc2Cl)CCC1. The number of hydrogen-bond acceptors (Lipinski definition) is 2. The maximum atomic E-state index is 11.9. The Morgan fingerprint density at radius 2 is 2.10 bits per heavy atom. The number of rotatable bonds is 5. The highest BCUT2D eigenvalue weighted by Crippen LogP contribution is 2.43. The van der Waals surface area contributed by atoms with Gasteiger partial charge in [0, 0.05) is 11.0 Å². The lowest BCUT2D eigenvalue weighted by Crippen LogP contribution is -2.44. The fourth-order valence-corrected chi connectivity index (χ4v) is 2.97. The van der Waals surface area contributed by atoms with Crippen LogP contribution >= 0.6 is 27.5 Å². The molecule has 0 spiro atoms. The second-order valence-electron chi connectivity index (χ2n) is 5.36. The van der Waals surface area contributed by atoms with Crippen LogP contribution in [0.15, 0.2) is 22.7 Å². The highest BCUT2D eigenvalue weighted by atomic mass is 79.9. The Balaban J connectivity index is 1.90. The Labute approximate surface area is 136 Å². The summed E-state index contributed by atoms with van der Waals surface area (Å²) in [5, 5.41) is 14.8. The summed E-state index contributed by atoms with van der Waals surface area (Å²) in [6, 6.07) is 4.78. The number of aliphatic carboxylic acids is 1. The lowest BCUT2D eigenvalue weighted by molar-refractivity contribution is -0.141. The minimum atomic E-state index is -0.827. The minimum absolute atomic E-state index is 0.0882. The molecule has 1 aliphatic carbocycles. The lowest BCUT2D eigenvalue weighted by atomic mass is 9.66. The van der Waals surface area contributed by atoms with E-state index >= 15 is 0 Å². The van der Waals surface area contributed by atoms with Crippen LogP contribution in [0.4, 0.5) is 10.5 Å². The van der Waals surface area contributed by atoms with Crippen LogP contribution in [0.3, 0.4) is 0 Å². The Morgan fingerprint density at radius 1 is 1.38 bits per heavy atom. The Kier molecular flexibility index (Phi) is 5.11. The molecular formula is C14H16BrClN2O3. The van der Waals surface area contributed by atoms with Crippen molar-refractivity contribution < 1.29 is 14.7 Å². The van der Waals surface area contributed by atoms with E-state index in [4.69, 9.17) is 16.7 Å². The molecule has 0 radical (unpaired) electrons. The third-order valence-corrected chi connectivity index (χ3v) is 4.56. The van der Waals surface area contributed by atoms with E-state index in [1.165, 1.54) is 0 Å². The molecule has 0 saturated heterocycles. The number of carboxylic acids is 1. The van der Waals surface area contributed by atoms with Gasteiger partial charge in [-0.3, -0.25) is 4.79 Å².